The number of hydrogen-bond donors (Lipinski definition) is 2. The van der Waals surface area contributed by atoms with Crippen LogP contribution in [0.4, 0.5) is 14.5 Å². The number of carbonyl (C=O) groups is 1. The highest BCUT2D eigenvalue weighted by Crippen LogP contribution is 2.28. The van der Waals surface area contributed by atoms with E-state index >= 15 is 0 Å². The summed E-state index contributed by atoms with van der Waals surface area (Å²) in [6, 6.07) is 5.52. The molecule has 0 spiro atoms. The van der Waals surface area contributed by atoms with E-state index in [1.165, 1.54) is 12.3 Å². The van der Waals surface area contributed by atoms with Gasteiger partial charge in [-0.05, 0) is 24.3 Å². The van der Waals surface area contributed by atoms with E-state index in [-0.39, 0.29) is 23.0 Å². The minimum Gasteiger partial charge on any atom is -0.326 e. The number of anilines is 1. The van der Waals surface area contributed by atoms with E-state index in [2.05, 4.69) is 15.4 Å². The molecule has 0 bridgehead atoms. The summed E-state index contributed by atoms with van der Waals surface area (Å²) >= 11 is 5.94. The van der Waals surface area contributed by atoms with Gasteiger partial charge in [0.25, 0.3) is 0 Å². The average Bonchev–Trinajstić information content (AvgIpc) is 2.99. The normalized spacial score (nSPS) is 11.9. The zero-order chi connectivity index (χ0) is 19.8. The Morgan fingerprint density at radius 2 is 2.11 bits per heavy atom. The maximum absolute atomic E-state index is 12.9. The molecule has 8 nitrogen and oxygen atoms in total. The van der Waals surface area contributed by atoms with E-state index in [1.54, 1.807) is 12.1 Å². The van der Waals surface area contributed by atoms with Gasteiger partial charge in [0, 0.05) is 23.5 Å². The Bertz CT molecular complexity index is 1130. The van der Waals surface area contributed by atoms with Gasteiger partial charge in [0.05, 0.1) is 27.5 Å². The lowest BCUT2D eigenvalue weighted by atomic mass is 10.2. The van der Waals surface area contributed by atoms with Gasteiger partial charge in [-0.15, -0.1) is 0 Å². The number of primary sulfonamides is 1. The second kappa shape index (κ2) is 7.18. The summed E-state index contributed by atoms with van der Waals surface area (Å²) in [5.74, 6) is -0.538. The van der Waals surface area contributed by atoms with E-state index in [1.807, 2.05) is 0 Å². The minimum absolute atomic E-state index is 0.0306. The van der Waals surface area contributed by atoms with Gasteiger partial charge >= 0.3 is 6.55 Å². The molecule has 0 saturated heterocycles. The summed E-state index contributed by atoms with van der Waals surface area (Å²) in [6.07, 6.45) is 2.17. The van der Waals surface area contributed by atoms with Crippen LogP contribution < -0.4 is 10.5 Å². The van der Waals surface area contributed by atoms with Crippen molar-refractivity contribution in [2.45, 2.75) is 17.9 Å². The van der Waals surface area contributed by atoms with Crippen LogP contribution >= 0.6 is 11.6 Å². The van der Waals surface area contributed by atoms with Crippen LogP contribution in [0.15, 0.2) is 41.6 Å². The fourth-order valence-electron chi connectivity index (χ4n) is 2.42. The molecular weight excluding hydrogens is 404 g/mol. The molecule has 0 saturated carbocycles. The number of halogens is 3. The number of nitrogens with zero attached hydrogens (tertiary/aromatic N) is 3. The van der Waals surface area contributed by atoms with Crippen molar-refractivity contribution in [3.63, 3.8) is 0 Å². The van der Waals surface area contributed by atoms with Crippen LogP contribution in [0, 0.1) is 0 Å². The standard InChI is InChI=1S/C15H12ClF2N5O3S/c16-10-2-1-3-20-12(10)6-14(24)21-8-4-11-9(7-23(22-11)15(17)18)13(5-8)27(19,25)26/h1-5,7,15H,6H2,(H,21,24)(H2,19,25,26). The number of nitrogens with two attached hydrogens (primary N) is 1. The molecule has 142 valence electrons. The fraction of sp³-hybridized carbons (Fsp3) is 0.133. The highest BCUT2D eigenvalue weighted by Gasteiger charge is 2.20. The Morgan fingerprint density at radius 1 is 1.37 bits per heavy atom. The minimum atomic E-state index is -4.25. The SMILES string of the molecule is NS(=O)(=O)c1cc(NC(=O)Cc2ncccc2Cl)cc2nn(C(F)F)cc12. The van der Waals surface area contributed by atoms with Crippen molar-refractivity contribution in [2.75, 3.05) is 5.32 Å². The monoisotopic (exact) mass is 415 g/mol. The number of benzene rings is 1. The van der Waals surface area contributed by atoms with Crippen LogP contribution in [-0.2, 0) is 21.2 Å². The summed E-state index contributed by atoms with van der Waals surface area (Å²) in [7, 11) is -4.25. The zero-order valence-electron chi connectivity index (χ0n) is 13.4. The van der Waals surface area contributed by atoms with E-state index in [0.717, 1.165) is 12.3 Å². The Kier molecular flexibility index (Phi) is 5.09. The van der Waals surface area contributed by atoms with Crippen molar-refractivity contribution >= 4 is 44.1 Å². The quantitative estimate of drug-likeness (QED) is 0.662. The van der Waals surface area contributed by atoms with Crippen LogP contribution in [-0.4, -0.2) is 29.1 Å². The Morgan fingerprint density at radius 3 is 2.74 bits per heavy atom. The van der Waals surface area contributed by atoms with Crippen molar-refractivity contribution in [1.82, 2.24) is 14.8 Å². The fourth-order valence-corrected chi connectivity index (χ4v) is 3.37. The molecule has 3 aromatic rings. The molecule has 0 unspecified atom stereocenters. The number of nitrogens with one attached hydrogen (secondary N) is 1. The first kappa shape index (κ1) is 19.1. The Hall–Kier alpha value is -2.63. The molecule has 2 heterocycles. The van der Waals surface area contributed by atoms with E-state index in [0.29, 0.717) is 15.4 Å². The van der Waals surface area contributed by atoms with E-state index in [9.17, 15) is 22.0 Å². The maximum Gasteiger partial charge on any atom is 0.333 e. The second-order valence-corrected chi connectivity index (χ2v) is 7.43. The summed E-state index contributed by atoms with van der Waals surface area (Å²) < 4.78 is 49.6. The maximum atomic E-state index is 12.9. The van der Waals surface area contributed by atoms with Crippen LogP contribution in [0.2, 0.25) is 5.02 Å². The van der Waals surface area contributed by atoms with Gasteiger partial charge in [0.1, 0.15) is 0 Å². The van der Waals surface area contributed by atoms with Gasteiger partial charge < -0.3 is 5.32 Å². The number of pyridine rings is 1. The summed E-state index contributed by atoms with van der Waals surface area (Å²) in [4.78, 5) is 15.8. The molecule has 1 aromatic carbocycles. The molecule has 0 fully saturated rings. The van der Waals surface area contributed by atoms with Crippen molar-refractivity contribution in [2.24, 2.45) is 5.14 Å². The molecular formula is C15H12ClF2N5O3S. The molecule has 0 radical (unpaired) electrons. The molecule has 0 aliphatic heterocycles. The first-order valence-electron chi connectivity index (χ1n) is 7.38. The van der Waals surface area contributed by atoms with Crippen LogP contribution in [0.1, 0.15) is 12.2 Å². The van der Waals surface area contributed by atoms with Gasteiger partial charge in [-0.2, -0.15) is 13.9 Å². The predicted octanol–water partition coefficient (Wildman–Crippen LogP) is 2.31. The zero-order valence-corrected chi connectivity index (χ0v) is 15.0. The molecule has 0 atom stereocenters. The molecule has 3 rings (SSSR count). The van der Waals surface area contributed by atoms with E-state index < -0.39 is 27.4 Å². The number of rotatable bonds is 5. The molecule has 12 heteroatoms. The number of hydrogen-bond acceptors (Lipinski definition) is 5. The van der Waals surface area contributed by atoms with Gasteiger partial charge in [0.15, 0.2) is 0 Å². The number of aromatic nitrogens is 3. The van der Waals surface area contributed by atoms with Crippen molar-refractivity contribution in [1.29, 1.82) is 0 Å². The summed E-state index contributed by atoms with van der Waals surface area (Å²) in [5, 5.41) is 11.5. The molecule has 27 heavy (non-hydrogen) atoms. The summed E-state index contributed by atoms with van der Waals surface area (Å²) in [5.41, 5.74) is 0.294. The molecule has 0 aliphatic carbocycles. The number of alkyl halides is 2. The highest BCUT2D eigenvalue weighted by molar-refractivity contribution is 7.89. The predicted molar refractivity (Wildman–Crippen MR) is 93.9 cm³/mol. The second-order valence-electron chi connectivity index (χ2n) is 5.50. The Balaban J connectivity index is 1.97. The molecule has 0 aliphatic rings. The largest absolute Gasteiger partial charge is 0.333 e. The highest BCUT2D eigenvalue weighted by atomic mass is 35.5. The van der Waals surface area contributed by atoms with Crippen molar-refractivity contribution in [3.05, 3.63) is 47.4 Å². The third-order valence-corrected chi connectivity index (χ3v) is 4.85. The van der Waals surface area contributed by atoms with Crippen LogP contribution in [0.3, 0.4) is 0 Å². The topological polar surface area (TPSA) is 120 Å². The summed E-state index contributed by atoms with van der Waals surface area (Å²) in [6.45, 7) is -2.96. The lowest BCUT2D eigenvalue weighted by Crippen LogP contribution is -2.17. The van der Waals surface area contributed by atoms with E-state index in [4.69, 9.17) is 16.7 Å². The number of sulfonamides is 1. The molecule has 1 amide bonds. The number of carbonyl (C=O) groups excluding carboxylic acids is 1. The smallest absolute Gasteiger partial charge is 0.326 e. The third kappa shape index (κ3) is 4.21. The lowest BCUT2D eigenvalue weighted by molar-refractivity contribution is -0.115. The molecule has 2 aromatic heterocycles. The lowest BCUT2D eigenvalue weighted by Gasteiger charge is -2.08. The Labute approximate surface area is 157 Å². The van der Waals surface area contributed by atoms with Gasteiger partial charge in [-0.3, -0.25) is 9.78 Å². The van der Waals surface area contributed by atoms with Crippen molar-refractivity contribution < 1.29 is 22.0 Å². The van der Waals surface area contributed by atoms with Crippen LogP contribution in [0.5, 0.6) is 0 Å². The first-order chi connectivity index (χ1) is 12.6. The number of amides is 1. The van der Waals surface area contributed by atoms with Crippen LogP contribution in [0.25, 0.3) is 10.9 Å². The van der Waals surface area contributed by atoms with Gasteiger partial charge in [-0.25, -0.2) is 18.2 Å². The van der Waals surface area contributed by atoms with Gasteiger partial charge in [0.2, 0.25) is 15.9 Å². The third-order valence-electron chi connectivity index (χ3n) is 3.56. The molecule has 3 N–H and O–H groups in total. The van der Waals surface area contributed by atoms with Gasteiger partial charge in [-0.1, -0.05) is 11.6 Å². The van der Waals surface area contributed by atoms with Crippen molar-refractivity contribution in [3.8, 4) is 0 Å². The average molecular weight is 416 g/mol. The first-order valence-corrected chi connectivity index (χ1v) is 9.30. The number of fused-ring (bicyclic) bond motifs is 1.